The van der Waals surface area contributed by atoms with Crippen molar-refractivity contribution in [3.05, 3.63) is 23.0 Å². The van der Waals surface area contributed by atoms with Gasteiger partial charge in [0.05, 0.1) is 5.69 Å². The van der Waals surface area contributed by atoms with Crippen molar-refractivity contribution in [2.45, 2.75) is 38.5 Å². The van der Waals surface area contributed by atoms with E-state index >= 15 is 0 Å². The molecule has 1 aliphatic carbocycles. The molecule has 1 fully saturated rings. The average molecular weight is 289 g/mol. The van der Waals surface area contributed by atoms with E-state index in [1.165, 1.54) is 6.20 Å². The first-order valence-corrected chi connectivity index (χ1v) is 6.57. The first kappa shape index (κ1) is 14.2. The van der Waals surface area contributed by atoms with E-state index in [2.05, 4.69) is 10.3 Å². The molecule has 0 saturated heterocycles. The highest BCUT2D eigenvalue weighted by Crippen LogP contribution is 2.37. The van der Waals surface area contributed by atoms with Gasteiger partial charge in [0.1, 0.15) is 0 Å². The van der Waals surface area contributed by atoms with Crippen LogP contribution in [0.25, 0.3) is 0 Å². The van der Waals surface area contributed by atoms with Crippen molar-refractivity contribution in [1.82, 2.24) is 4.98 Å². The quantitative estimate of drug-likeness (QED) is 0.841. The smallest absolute Gasteiger partial charge is 0.248 e. The van der Waals surface area contributed by atoms with Gasteiger partial charge in [-0.1, -0.05) is 11.6 Å². The second-order valence-corrected chi connectivity index (χ2v) is 5.29. The van der Waals surface area contributed by atoms with E-state index in [1.807, 2.05) is 0 Å². The first-order chi connectivity index (χ1) is 8.89. The zero-order chi connectivity index (χ0) is 14.0. The van der Waals surface area contributed by atoms with E-state index in [0.717, 1.165) is 5.56 Å². The molecule has 1 heterocycles. The van der Waals surface area contributed by atoms with Gasteiger partial charge < -0.3 is 5.32 Å². The maximum Gasteiger partial charge on any atom is 0.248 e. The second-order valence-electron chi connectivity index (χ2n) is 4.93. The number of rotatable bonds is 2. The molecular formula is C13H15ClF2N2O. The largest absolute Gasteiger partial charge is 0.323 e. The number of anilines is 1. The molecule has 104 valence electrons. The molecule has 1 N–H and O–H groups in total. The van der Waals surface area contributed by atoms with Gasteiger partial charge in [-0.3, -0.25) is 4.79 Å². The monoisotopic (exact) mass is 288 g/mol. The van der Waals surface area contributed by atoms with Crippen LogP contribution in [0.1, 0.15) is 31.2 Å². The second kappa shape index (κ2) is 5.41. The molecule has 1 atom stereocenters. The summed E-state index contributed by atoms with van der Waals surface area (Å²) in [5.41, 5.74) is 1.17. The van der Waals surface area contributed by atoms with Crippen LogP contribution in [0.5, 0.6) is 0 Å². The van der Waals surface area contributed by atoms with Gasteiger partial charge in [-0.2, -0.15) is 0 Å². The van der Waals surface area contributed by atoms with Crippen molar-refractivity contribution >= 4 is 23.2 Å². The minimum atomic E-state index is -2.74. The number of pyridine rings is 1. The summed E-state index contributed by atoms with van der Waals surface area (Å²) in [4.78, 5) is 15.9. The Morgan fingerprint density at radius 1 is 1.58 bits per heavy atom. The highest BCUT2D eigenvalue weighted by atomic mass is 35.5. The lowest BCUT2D eigenvalue weighted by Gasteiger charge is -2.28. The molecule has 1 aromatic rings. The Morgan fingerprint density at radius 3 is 2.95 bits per heavy atom. The van der Waals surface area contributed by atoms with Crippen LogP contribution in [-0.4, -0.2) is 16.8 Å². The van der Waals surface area contributed by atoms with Crippen LogP contribution in [0, 0.1) is 12.8 Å². The molecule has 1 aliphatic rings. The van der Waals surface area contributed by atoms with E-state index in [9.17, 15) is 13.6 Å². The standard InChI is InChI=1S/C13H15ClF2N2O/c1-8-4-6-17-11(14)10(8)18-12(19)9-3-2-5-13(15,16)7-9/h4,6,9H,2-3,5,7H2,1H3,(H,18,19). The predicted octanol–water partition coefficient (Wildman–Crippen LogP) is 3.81. The Kier molecular flexibility index (Phi) is 4.04. The Hall–Kier alpha value is -1.23. The van der Waals surface area contributed by atoms with Crippen molar-refractivity contribution < 1.29 is 13.6 Å². The Morgan fingerprint density at radius 2 is 2.32 bits per heavy atom. The van der Waals surface area contributed by atoms with Gasteiger partial charge in [-0.15, -0.1) is 0 Å². The van der Waals surface area contributed by atoms with Gasteiger partial charge in [0, 0.05) is 25.0 Å². The molecule has 2 rings (SSSR count). The lowest BCUT2D eigenvalue weighted by atomic mass is 9.86. The maximum absolute atomic E-state index is 13.3. The van der Waals surface area contributed by atoms with Crippen LogP contribution in [0.4, 0.5) is 14.5 Å². The molecule has 0 aliphatic heterocycles. The van der Waals surface area contributed by atoms with Crippen LogP contribution < -0.4 is 5.32 Å². The molecule has 0 aromatic carbocycles. The van der Waals surface area contributed by atoms with Crippen molar-refractivity contribution in [3.8, 4) is 0 Å². The fourth-order valence-corrected chi connectivity index (χ4v) is 2.55. The number of carbonyl (C=O) groups excluding carboxylic acids is 1. The van der Waals surface area contributed by atoms with Crippen molar-refractivity contribution in [2.24, 2.45) is 5.92 Å². The summed E-state index contributed by atoms with van der Waals surface area (Å²) >= 11 is 5.89. The molecule has 3 nitrogen and oxygen atoms in total. The number of carbonyl (C=O) groups is 1. The number of alkyl halides is 2. The number of nitrogens with one attached hydrogen (secondary N) is 1. The topological polar surface area (TPSA) is 42.0 Å². The lowest BCUT2D eigenvalue weighted by molar-refractivity contribution is -0.127. The summed E-state index contributed by atoms with van der Waals surface area (Å²) in [5.74, 6) is -3.81. The van der Waals surface area contributed by atoms with Crippen LogP contribution in [0.15, 0.2) is 12.3 Å². The number of amides is 1. The third-order valence-electron chi connectivity index (χ3n) is 3.37. The van der Waals surface area contributed by atoms with Crippen molar-refractivity contribution in [1.29, 1.82) is 0 Å². The van der Waals surface area contributed by atoms with E-state index in [0.29, 0.717) is 18.5 Å². The van der Waals surface area contributed by atoms with E-state index in [-0.39, 0.29) is 11.6 Å². The fraction of sp³-hybridized carbons (Fsp3) is 0.538. The highest BCUT2D eigenvalue weighted by molar-refractivity contribution is 6.32. The van der Waals surface area contributed by atoms with Crippen LogP contribution in [0.2, 0.25) is 5.15 Å². The number of aromatic nitrogens is 1. The van der Waals surface area contributed by atoms with Gasteiger partial charge in [0.25, 0.3) is 0 Å². The normalized spacial score (nSPS) is 22.0. The fourth-order valence-electron chi connectivity index (χ4n) is 2.30. The van der Waals surface area contributed by atoms with Crippen LogP contribution in [-0.2, 0) is 4.79 Å². The zero-order valence-corrected chi connectivity index (χ0v) is 11.3. The summed E-state index contributed by atoms with van der Waals surface area (Å²) in [5, 5.41) is 2.80. The zero-order valence-electron chi connectivity index (χ0n) is 10.5. The summed E-state index contributed by atoms with van der Waals surface area (Å²) in [6, 6.07) is 1.71. The predicted molar refractivity (Wildman–Crippen MR) is 69.5 cm³/mol. The highest BCUT2D eigenvalue weighted by Gasteiger charge is 2.39. The molecule has 1 amide bonds. The van der Waals surface area contributed by atoms with Gasteiger partial charge >= 0.3 is 0 Å². The Balaban J connectivity index is 2.09. The molecule has 19 heavy (non-hydrogen) atoms. The lowest BCUT2D eigenvalue weighted by Crippen LogP contribution is -2.33. The number of aryl methyl sites for hydroxylation is 1. The molecule has 0 bridgehead atoms. The number of hydrogen-bond donors (Lipinski definition) is 1. The SMILES string of the molecule is Cc1ccnc(Cl)c1NC(=O)C1CCCC(F)(F)C1. The third-order valence-corrected chi connectivity index (χ3v) is 3.66. The number of halogens is 3. The van der Waals surface area contributed by atoms with E-state index in [1.54, 1.807) is 13.0 Å². The molecule has 1 saturated carbocycles. The maximum atomic E-state index is 13.3. The molecule has 0 radical (unpaired) electrons. The Labute approximate surface area is 115 Å². The van der Waals surface area contributed by atoms with Crippen molar-refractivity contribution in [2.75, 3.05) is 5.32 Å². The summed E-state index contributed by atoms with van der Waals surface area (Å²) < 4.78 is 26.6. The molecule has 1 unspecified atom stereocenters. The molecule has 6 heteroatoms. The third kappa shape index (κ3) is 3.41. The molecule has 0 spiro atoms. The van der Waals surface area contributed by atoms with E-state index in [4.69, 9.17) is 11.6 Å². The van der Waals surface area contributed by atoms with Gasteiger partial charge in [-0.25, -0.2) is 13.8 Å². The summed E-state index contributed by atoms with van der Waals surface area (Å²) in [6.07, 6.45) is 1.85. The minimum absolute atomic E-state index is 0.135. The van der Waals surface area contributed by atoms with E-state index < -0.39 is 24.2 Å². The minimum Gasteiger partial charge on any atom is -0.323 e. The van der Waals surface area contributed by atoms with Crippen LogP contribution in [0.3, 0.4) is 0 Å². The summed E-state index contributed by atoms with van der Waals surface area (Å²) in [7, 11) is 0. The average Bonchev–Trinajstić information content (AvgIpc) is 2.32. The van der Waals surface area contributed by atoms with Gasteiger partial charge in [-0.05, 0) is 31.4 Å². The molecular weight excluding hydrogens is 274 g/mol. The van der Waals surface area contributed by atoms with Gasteiger partial charge in [0.2, 0.25) is 11.8 Å². The number of nitrogens with zero attached hydrogens (tertiary/aromatic N) is 1. The van der Waals surface area contributed by atoms with Crippen molar-refractivity contribution in [3.63, 3.8) is 0 Å². The molecule has 1 aromatic heterocycles. The first-order valence-electron chi connectivity index (χ1n) is 6.19. The number of hydrogen-bond acceptors (Lipinski definition) is 2. The summed E-state index contributed by atoms with van der Waals surface area (Å²) in [6.45, 7) is 1.78. The van der Waals surface area contributed by atoms with Crippen LogP contribution >= 0.6 is 11.6 Å². The Bertz CT molecular complexity index is 473. The van der Waals surface area contributed by atoms with Gasteiger partial charge in [0.15, 0.2) is 5.15 Å².